The van der Waals surface area contributed by atoms with E-state index in [4.69, 9.17) is 0 Å². The van der Waals surface area contributed by atoms with Crippen molar-refractivity contribution in [3.63, 3.8) is 0 Å². The highest BCUT2D eigenvalue weighted by Gasteiger charge is 2.11. The first-order valence-corrected chi connectivity index (χ1v) is 8.91. The molecule has 0 bridgehead atoms. The third-order valence-electron chi connectivity index (χ3n) is 4.71. The summed E-state index contributed by atoms with van der Waals surface area (Å²) < 4.78 is 0. The smallest absolute Gasteiger partial charge is 0.255 e. The number of aryl methyl sites for hydroxylation is 1. The zero-order valence-corrected chi connectivity index (χ0v) is 14.4. The molecule has 0 atom stereocenters. The van der Waals surface area contributed by atoms with Crippen LogP contribution in [0, 0.1) is 6.92 Å². The molecule has 1 N–H and O–H groups in total. The number of nitrogens with zero attached hydrogens (tertiary/aromatic N) is 1. The molecule has 2 aromatic carbocycles. The Labute approximate surface area is 144 Å². The number of para-hydroxylation sites is 1. The molecule has 3 rings (SSSR count). The highest BCUT2D eigenvalue weighted by atomic mass is 16.1. The Morgan fingerprint density at radius 1 is 0.958 bits per heavy atom. The van der Waals surface area contributed by atoms with Crippen LogP contribution in [-0.2, 0) is 6.54 Å². The fourth-order valence-electron chi connectivity index (χ4n) is 3.22. The van der Waals surface area contributed by atoms with E-state index in [9.17, 15) is 4.79 Å². The average molecular weight is 322 g/mol. The molecule has 24 heavy (non-hydrogen) atoms. The number of likely N-dealkylation sites (tertiary alicyclic amines) is 1. The Kier molecular flexibility index (Phi) is 5.65. The van der Waals surface area contributed by atoms with Crippen LogP contribution in [0.2, 0.25) is 0 Å². The van der Waals surface area contributed by atoms with E-state index >= 15 is 0 Å². The van der Waals surface area contributed by atoms with E-state index in [0.717, 1.165) is 17.8 Å². The van der Waals surface area contributed by atoms with Gasteiger partial charge in [-0.25, -0.2) is 0 Å². The fraction of sp³-hybridized carbons (Fsp3) is 0.381. The van der Waals surface area contributed by atoms with Gasteiger partial charge in [-0.05, 0) is 62.2 Å². The average Bonchev–Trinajstić information content (AvgIpc) is 2.86. The van der Waals surface area contributed by atoms with Crippen molar-refractivity contribution in [1.82, 2.24) is 4.90 Å². The van der Waals surface area contributed by atoms with E-state index in [0.29, 0.717) is 5.56 Å². The van der Waals surface area contributed by atoms with Crippen LogP contribution in [0.1, 0.15) is 47.2 Å². The minimum Gasteiger partial charge on any atom is -0.322 e. The predicted molar refractivity (Wildman–Crippen MR) is 99.3 cm³/mol. The molecule has 1 fully saturated rings. The molecule has 1 amide bonds. The predicted octanol–water partition coefficient (Wildman–Crippen LogP) is 4.62. The largest absolute Gasteiger partial charge is 0.322 e. The highest BCUT2D eigenvalue weighted by molar-refractivity contribution is 6.04. The van der Waals surface area contributed by atoms with Gasteiger partial charge in [-0.15, -0.1) is 0 Å². The summed E-state index contributed by atoms with van der Waals surface area (Å²) in [4.78, 5) is 14.9. The molecule has 3 nitrogen and oxygen atoms in total. The van der Waals surface area contributed by atoms with Crippen molar-refractivity contribution in [3.05, 3.63) is 65.2 Å². The molecule has 0 saturated carbocycles. The van der Waals surface area contributed by atoms with Gasteiger partial charge >= 0.3 is 0 Å². The van der Waals surface area contributed by atoms with Crippen molar-refractivity contribution in [2.24, 2.45) is 0 Å². The summed E-state index contributed by atoms with van der Waals surface area (Å²) in [7, 11) is 0. The van der Waals surface area contributed by atoms with Crippen LogP contribution in [0.3, 0.4) is 0 Å². The van der Waals surface area contributed by atoms with Crippen molar-refractivity contribution in [1.29, 1.82) is 0 Å². The van der Waals surface area contributed by atoms with Gasteiger partial charge in [-0.3, -0.25) is 9.69 Å². The molecule has 1 aliphatic heterocycles. The molecule has 126 valence electrons. The van der Waals surface area contributed by atoms with Crippen LogP contribution in [0.4, 0.5) is 5.69 Å². The minimum absolute atomic E-state index is 0.0503. The Morgan fingerprint density at radius 2 is 1.62 bits per heavy atom. The van der Waals surface area contributed by atoms with Crippen molar-refractivity contribution in [2.75, 3.05) is 18.4 Å². The van der Waals surface area contributed by atoms with E-state index in [1.54, 1.807) is 0 Å². The van der Waals surface area contributed by atoms with Gasteiger partial charge in [0.05, 0.1) is 0 Å². The monoisotopic (exact) mass is 322 g/mol. The molecule has 1 saturated heterocycles. The van der Waals surface area contributed by atoms with Crippen LogP contribution in [-0.4, -0.2) is 23.9 Å². The highest BCUT2D eigenvalue weighted by Crippen LogP contribution is 2.16. The quantitative estimate of drug-likeness (QED) is 0.890. The second-order valence-electron chi connectivity index (χ2n) is 6.66. The van der Waals surface area contributed by atoms with Gasteiger partial charge in [-0.1, -0.05) is 43.2 Å². The number of carbonyl (C=O) groups is 1. The number of benzene rings is 2. The molecule has 1 heterocycles. The van der Waals surface area contributed by atoms with Crippen molar-refractivity contribution < 1.29 is 4.79 Å². The number of rotatable bonds is 4. The van der Waals surface area contributed by atoms with Gasteiger partial charge in [0.15, 0.2) is 0 Å². The third kappa shape index (κ3) is 4.45. The molecule has 1 aliphatic rings. The van der Waals surface area contributed by atoms with Gasteiger partial charge in [0, 0.05) is 17.8 Å². The zero-order chi connectivity index (χ0) is 16.8. The molecule has 3 heteroatoms. The third-order valence-corrected chi connectivity index (χ3v) is 4.71. The summed E-state index contributed by atoms with van der Waals surface area (Å²) in [6, 6.07) is 15.9. The van der Waals surface area contributed by atoms with Crippen molar-refractivity contribution >= 4 is 11.6 Å². The van der Waals surface area contributed by atoms with E-state index in [2.05, 4.69) is 22.3 Å². The molecule has 0 spiro atoms. The van der Waals surface area contributed by atoms with Crippen LogP contribution in [0.25, 0.3) is 0 Å². The Balaban J connectivity index is 1.61. The standard InChI is InChI=1S/C21H26N2O/c1-17-8-4-5-9-20(17)22-21(24)19-12-10-18(11-13-19)16-23-14-6-2-3-7-15-23/h4-5,8-13H,2-3,6-7,14-16H2,1H3,(H,22,24). The first-order valence-electron chi connectivity index (χ1n) is 8.91. The lowest BCUT2D eigenvalue weighted by molar-refractivity contribution is 0.102. The lowest BCUT2D eigenvalue weighted by atomic mass is 10.1. The number of hydrogen-bond acceptors (Lipinski definition) is 2. The van der Waals surface area contributed by atoms with Crippen LogP contribution >= 0.6 is 0 Å². The van der Waals surface area contributed by atoms with Crippen molar-refractivity contribution in [3.8, 4) is 0 Å². The Bertz CT molecular complexity index is 670. The number of carbonyl (C=O) groups excluding carboxylic acids is 1. The summed E-state index contributed by atoms with van der Waals surface area (Å²) in [6.07, 6.45) is 5.32. The van der Waals surface area contributed by atoms with Gasteiger partial charge < -0.3 is 5.32 Å². The molecular formula is C21H26N2O. The van der Waals surface area contributed by atoms with E-state index in [1.807, 2.05) is 43.3 Å². The van der Waals surface area contributed by atoms with Crippen LogP contribution in [0.5, 0.6) is 0 Å². The first kappa shape index (κ1) is 16.7. The van der Waals surface area contributed by atoms with Gasteiger partial charge in [-0.2, -0.15) is 0 Å². The normalized spacial score (nSPS) is 15.7. The summed E-state index contributed by atoms with van der Waals surface area (Å²) in [5.41, 5.74) is 3.93. The number of amides is 1. The van der Waals surface area contributed by atoms with Gasteiger partial charge in [0.2, 0.25) is 0 Å². The van der Waals surface area contributed by atoms with Crippen LogP contribution in [0.15, 0.2) is 48.5 Å². The topological polar surface area (TPSA) is 32.3 Å². The summed E-state index contributed by atoms with van der Waals surface area (Å²) in [5.74, 6) is -0.0503. The fourth-order valence-corrected chi connectivity index (χ4v) is 3.22. The van der Waals surface area contributed by atoms with E-state index in [1.165, 1.54) is 44.3 Å². The Morgan fingerprint density at radius 3 is 2.29 bits per heavy atom. The molecule has 2 aromatic rings. The maximum Gasteiger partial charge on any atom is 0.255 e. The number of hydrogen-bond donors (Lipinski definition) is 1. The van der Waals surface area contributed by atoms with E-state index < -0.39 is 0 Å². The molecule has 0 aliphatic carbocycles. The SMILES string of the molecule is Cc1ccccc1NC(=O)c1ccc(CN2CCCCCC2)cc1. The second kappa shape index (κ2) is 8.11. The minimum atomic E-state index is -0.0503. The van der Waals surface area contributed by atoms with Gasteiger partial charge in [0.25, 0.3) is 5.91 Å². The molecule has 0 unspecified atom stereocenters. The lowest BCUT2D eigenvalue weighted by Crippen LogP contribution is -2.24. The molecular weight excluding hydrogens is 296 g/mol. The number of nitrogens with one attached hydrogen (secondary N) is 1. The van der Waals surface area contributed by atoms with Crippen LogP contribution < -0.4 is 5.32 Å². The Hall–Kier alpha value is -2.13. The maximum atomic E-state index is 12.4. The van der Waals surface area contributed by atoms with E-state index in [-0.39, 0.29) is 5.91 Å². The second-order valence-corrected chi connectivity index (χ2v) is 6.66. The zero-order valence-electron chi connectivity index (χ0n) is 14.4. The summed E-state index contributed by atoms with van der Waals surface area (Å²) in [5, 5.41) is 2.99. The summed E-state index contributed by atoms with van der Waals surface area (Å²) in [6.45, 7) is 5.37. The van der Waals surface area contributed by atoms with Crippen molar-refractivity contribution in [2.45, 2.75) is 39.2 Å². The lowest BCUT2D eigenvalue weighted by Gasteiger charge is -2.19. The maximum absolute atomic E-state index is 12.4. The molecule has 0 radical (unpaired) electrons. The van der Waals surface area contributed by atoms with Gasteiger partial charge in [0.1, 0.15) is 0 Å². The summed E-state index contributed by atoms with van der Waals surface area (Å²) >= 11 is 0. The first-order chi connectivity index (χ1) is 11.7. The number of anilines is 1. The molecule has 0 aromatic heterocycles.